The van der Waals surface area contributed by atoms with Crippen molar-refractivity contribution in [3.63, 3.8) is 0 Å². The largest absolute Gasteiger partial charge is 0.460 e. The van der Waals surface area contributed by atoms with Crippen molar-refractivity contribution in [1.29, 1.82) is 0 Å². The SMILES string of the molecule is C=C(C)C(=O)OCC(O)COCC1CC2C3CC(COCC(O)COC(=O)C(=C)C)C(C3)C2C1. The number of aliphatic hydroxyl groups is 2. The molecule has 0 aliphatic heterocycles. The smallest absolute Gasteiger partial charge is 0.333 e. The molecule has 192 valence electrons. The summed E-state index contributed by atoms with van der Waals surface area (Å²) in [5.41, 5.74) is 0.620. The van der Waals surface area contributed by atoms with Crippen molar-refractivity contribution in [2.75, 3.05) is 39.6 Å². The van der Waals surface area contributed by atoms with Gasteiger partial charge in [-0.25, -0.2) is 9.59 Å². The highest BCUT2D eigenvalue weighted by molar-refractivity contribution is 5.87. The molecule has 3 fully saturated rings. The second kappa shape index (κ2) is 12.3. The van der Waals surface area contributed by atoms with Gasteiger partial charge in [0.1, 0.15) is 25.4 Å². The van der Waals surface area contributed by atoms with Crippen LogP contribution >= 0.6 is 0 Å². The Hall–Kier alpha value is -1.74. The number of hydrogen-bond acceptors (Lipinski definition) is 8. The molecule has 34 heavy (non-hydrogen) atoms. The minimum atomic E-state index is -0.832. The van der Waals surface area contributed by atoms with Crippen LogP contribution in [0.3, 0.4) is 0 Å². The minimum absolute atomic E-state index is 0.0835. The van der Waals surface area contributed by atoms with Crippen LogP contribution in [0.2, 0.25) is 0 Å². The average molecular weight is 481 g/mol. The lowest BCUT2D eigenvalue weighted by Gasteiger charge is -2.31. The fourth-order valence-corrected chi connectivity index (χ4v) is 6.07. The number of fused-ring (bicyclic) bond motifs is 5. The van der Waals surface area contributed by atoms with Crippen molar-refractivity contribution < 1.29 is 38.7 Å². The van der Waals surface area contributed by atoms with Crippen molar-refractivity contribution in [3.8, 4) is 0 Å². The summed E-state index contributed by atoms with van der Waals surface area (Å²) in [5.74, 6) is 2.85. The lowest BCUT2D eigenvalue weighted by Crippen LogP contribution is -2.30. The van der Waals surface area contributed by atoms with E-state index in [0.717, 1.165) is 18.3 Å². The van der Waals surface area contributed by atoms with Crippen LogP contribution in [-0.2, 0) is 28.5 Å². The third kappa shape index (κ3) is 7.13. The van der Waals surface area contributed by atoms with E-state index in [9.17, 15) is 19.8 Å². The lowest BCUT2D eigenvalue weighted by atomic mass is 9.76. The van der Waals surface area contributed by atoms with Gasteiger partial charge in [0.25, 0.3) is 0 Å². The molecule has 8 heteroatoms. The first-order valence-corrected chi connectivity index (χ1v) is 12.3. The molecule has 0 aromatic rings. The minimum Gasteiger partial charge on any atom is -0.460 e. The first kappa shape index (κ1) is 26.9. The van der Waals surface area contributed by atoms with E-state index in [0.29, 0.717) is 48.0 Å². The van der Waals surface area contributed by atoms with Gasteiger partial charge in [0.05, 0.1) is 13.2 Å². The maximum absolute atomic E-state index is 11.4. The number of carbonyl (C=O) groups excluding carboxylic acids is 2. The van der Waals surface area contributed by atoms with Crippen molar-refractivity contribution in [3.05, 3.63) is 24.3 Å². The Balaban J connectivity index is 1.31. The topological polar surface area (TPSA) is 112 Å². The van der Waals surface area contributed by atoms with E-state index in [1.54, 1.807) is 13.8 Å². The molecule has 3 rings (SSSR count). The third-order valence-electron chi connectivity index (χ3n) is 7.52. The quantitative estimate of drug-likeness (QED) is 0.288. The molecule has 3 saturated carbocycles. The molecule has 0 spiro atoms. The molecule has 8 nitrogen and oxygen atoms in total. The zero-order chi connectivity index (χ0) is 24.8. The summed E-state index contributed by atoms with van der Waals surface area (Å²) in [6.45, 7) is 11.6. The van der Waals surface area contributed by atoms with Gasteiger partial charge in [-0.2, -0.15) is 0 Å². The molecule has 2 bridgehead atoms. The Morgan fingerprint density at radius 3 is 1.85 bits per heavy atom. The van der Waals surface area contributed by atoms with Crippen molar-refractivity contribution >= 4 is 11.9 Å². The van der Waals surface area contributed by atoms with Gasteiger partial charge in [-0.05, 0) is 75.0 Å². The summed E-state index contributed by atoms with van der Waals surface area (Å²) < 4.78 is 21.5. The molecule has 3 aliphatic rings. The highest BCUT2D eigenvalue weighted by atomic mass is 16.6. The van der Waals surface area contributed by atoms with Crippen LogP contribution in [0.5, 0.6) is 0 Å². The number of esters is 2. The van der Waals surface area contributed by atoms with Gasteiger partial charge >= 0.3 is 11.9 Å². The van der Waals surface area contributed by atoms with Gasteiger partial charge in [-0.3, -0.25) is 0 Å². The summed E-state index contributed by atoms with van der Waals surface area (Å²) in [6.07, 6.45) is 3.09. The summed E-state index contributed by atoms with van der Waals surface area (Å²) in [5, 5.41) is 19.9. The standard InChI is InChI=1S/C26H40O8/c1-15(2)25(29)33-13-20(27)11-31-9-17-5-22-18-7-19(23(8-18)24(22)6-17)10-32-12-21(28)14-34-26(30)16(3)4/h17-24,27-28H,1,3,5-14H2,2,4H3. The summed E-state index contributed by atoms with van der Waals surface area (Å²) in [4.78, 5) is 22.8. The summed E-state index contributed by atoms with van der Waals surface area (Å²) in [7, 11) is 0. The Labute approximate surface area is 202 Å². The maximum Gasteiger partial charge on any atom is 0.333 e. The Morgan fingerprint density at radius 2 is 1.29 bits per heavy atom. The van der Waals surface area contributed by atoms with Gasteiger partial charge in [0.2, 0.25) is 0 Å². The van der Waals surface area contributed by atoms with Gasteiger partial charge in [0.15, 0.2) is 0 Å². The van der Waals surface area contributed by atoms with E-state index in [2.05, 4.69) is 13.2 Å². The van der Waals surface area contributed by atoms with Crippen LogP contribution in [0.25, 0.3) is 0 Å². The molecule has 0 radical (unpaired) electrons. The molecule has 3 aliphatic carbocycles. The molecule has 0 heterocycles. The molecule has 0 aromatic carbocycles. The summed E-state index contributed by atoms with van der Waals surface area (Å²) >= 11 is 0. The maximum atomic E-state index is 11.4. The highest BCUT2D eigenvalue weighted by Gasteiger charge is 2.55. The van der Waals surface area contributed by atoms with E-state index < -0.39 is 24.1 Å². The van der Waals surface area contributed by atoms with Crippen LogP contribution in [0.4, 0.5) is 0 Å². The van der Waals surface area contributed by atoms with Crippen LogP contribution in [-0.4, -0.2) is 74.0 Å². The molecule has 0 saturated heterocycles. The highest BCUT2D eigenvalue weighted by Crippen LogP contribution is 2.62. The monoisotopic (exact) mass is 480 g/mol. The fourth-order valence-electron chi connectivity index (χ4n) is 6.07. The predicted molar refractivity (Wildman–Crippen MR) is 125 cm³/mol. The molecular formula is C26H40O8. The van der Waals surface area contributed by atoms with Crippen LogP contribution in [0.1, 0.15) is 39.5 Å². The van der Waals surface area contributed by atoms with Crippen molar-refractivity contribution in [2.24, 2.45) is 35.5 Å². The number of aliphatic hydroxyl groups excluding tert-OH is 2. The lowest BCUT2D eigenvalue weighted by molar-refractivity contribution is -0.144. The zero-order valence-electron chi connectivity index (χ0n) is 20.4. The molecule has 8 unspecified atom stereocenters. The van der Waals surface area contributed by atoms with Crippen molar-refractivity contribution in [2.45, 2.75) is 51.7 Å². The normalized spacial score (nSPS) is 31.1. The Bertz CT molecular complexity index is 749. The molecular weight excluding hydrogens is 440 g/mol. The van der Waals surface area contributed by atoms with E-state index in [1.165, 1.54) is 19.3 Å². The molecule has 8 atom stereocenters. The predicted octanol–water partition coefficient (Wildman–Crippen LogP) is 2.28. The summed E-state index contributed by atoms with van der Waals surface area (Å²) in [6, 6.07) is 0. The van der Waals surface area contributed by atoms with Gasteiger partial charge in [-0.15, -0.1) is 0 Å². The van der Waals surface area contributed by atoms with Crippen LogP contribution in [0, 0.1) is 35.5 Å². The number of rotatable bonds is 14. The van der Waals surface area contributed by atoms with Gasteiger partial charge in [0, 0.05) is 24.4 Å². The Morgan fingerprint density at radius 1 is 0.765 bits per heavy atom. The number of carbonyl (C=O) groups is 2. The fraction of sp³-hybridized carbons (Fsp3) is 0.769. The van der Waals surface area contributed by atoms with Gasteiger partial charge in [-0.1, -0.05) is 13.2 Å². The molecule has 2 N–H and O–H groups in total. The third-order valence-corrected chi connectivity index (χ3v) is 7.52. The van der Waals surface area contributed by atoms with E-state index >= 15 is 0 Å². The number of hydrogen-bond donors (Lipinski definition) is 2. The molecule has 0 aromatic heterocycles. The second-order valence-electron chi connectivity index (χ2n) is 10.5. The van der Waals surface area contributed by atoms with Crippen LogP contribution in [0.15, 0.2) is 24.3 Å². The Kier molecular flexibility index (Phi) is 9.71. The number of ether oxygens (including phenoxy) is 4. The molecule has 0 amide bonds. The van der Waals surface area contributed by atoms with Crippen LogP contribution < -0.4 is 0 Å². The first-order chi connectivity index (χ1) is 16.2. The van der Waals surface area contributed by atoms with Crippen molar-refractivity contribution in [1.82, 2.24) is 0 Å². The van der Waals surface area contributed by atoms with E-state index in [1.807, 2.05) is 0 Å². The average Bonchev–Trinajstić information content (AvgIpc) is 3.47. The zero-order valence-corrected chi connectivity index (χ0v) is 20.4. The first-order valence-electron chi connectivity index (χ1n) is 12.3. The van der Waals surface area contributed by atoms with E-state index in [-0.39, 0.29) is 26.4 Å². The second-order valence-corrected chi connectivity index (χ2v) is 10.5. The van der Waals surface area contributed by atoms with E-state index in [4.69, 9.17) is 18.9 Å². The van der Waals surface area contributed by atoms with Gasteiger partial charge < -0.3 is 29.2 Å².